The van der Waals surface area contributed by atoms with Crippen molar-refractivity contribution in [1.82, 2.24) is 0 Å². The Bertz CT molecular complexity index is 2030. The second-order valence-corrected chi connectivity index (χ2v) is 15.6. The fraction of sp³-hybridized carbons (Fsp3) is 0.280. The second-order valence-electron chi connectivity index (χ2n) is 15.6. The minimum Gasteiger partial charge on any atom is -0.332 e. The number of hydrogen-bond donors (Lipinski definition) is 2. The molecule has 0 aromatic heterocycles. The number of hydrogen-bond acceptors (Lipinski definition) is 4. The molecule has 278 valence electrons. The van der Waals surface area contributed by atoms with E-state index in [0.29, 0.717) is 0 Å². The normalized spacial score (nSPS) is 13.0. The summed E-state index contributed by atoms with van der Waals surface area (Å²) in [6.07, 6.45) is 4.10. The quantitative estimate of drug-likeness (QED) is 0.111. The molecule has 54 heavy (non-hydrogen) atoms. The van der Waals surface area contributed by atoms with Crippen LogP contribution in [0.5, 0.6) is 0 Å². The van der Waals surface area contributed by atoms with Gasteiger partial charge in [-0.3, -0.25) is 0 Å². The van der Waals surface area contributed by atoms with Gasteiger partial charge >= 0.3 is 0 Å². The molecule has 2 unspecified atom stereocenters. The average Bonchev–Trinajstić information content (AvgIpc) is 3.20. The molecule has 0 fully saturated rings. The first-order chi connectivity index (χ1) is 26.0. The van der Waals surface area contributed by atoms with E-state index in [2.05, 4.69) is 209 Å². The van der Waals surface area contributed by atoms with Crippen molar-refractivity contribution in [3.63, 3.8) is 0 Å². The highest BCUT2D eigenvalue weighted by atomic mass is 15.2. The van der Waals surface area contributed by atoms with Crippen LogP contribution in [-0.4, -0.2) is 0 Å². The van der Waals surface area contributed by atoms with E-state index in [-0.39, 0.29) is 23.2 Å². The molecule has 0 bridgehead atoms. The lowest BCUT2D eigenvalue weighted by Gasteiger charge is -2.41. The van der Waals surface area contributed by atoms with Crippen LogP contribution in [0.4, 0.5) is 22.7 Å². The number of benzene rings is 6. The molecule has 0 amide bonds. The van der Waals surface area contributed by atoms with Crippen molar-refractivity contribution in [1.29, 1.82) is 0 Å². The maximum atomic E-state index is 6.50. The largest absolute Gasteiger partial charge is 0.332 e. The predicted octanol–water partition coefficient (Wildman–Crippen LogP) is 13.1. The van der Waals surface area contributed by atoms with Crippen LogP contribution in [0, 0.1) is 0 Å². The molecule has 0 saturated heterocycles. The van der Waals surface area contributed by atoms with Crippen LogP contribution in [0.1, 0.15) is 102 Å². The van der Waals surface area contributed by atoms with Crippen LogP contribution in [0.3, 0.4) is 0 Å². The zero-order valence-corrected chi connectivity index (χ0v) is 33.0. The third-order valence-electron chi connectivity index (χ3n) is 11.0. The molecule has 4 heteroatoms. The second kappa shape index (κ2) is 16.9. The van der Waals surface area contributed by atoms with Gasteiger partial charge < -0.3 is 21.3 Å². The smallest absolute Gasteiger partial charge is 0.0646 e. The van der Waals surface area contributed by atoms with Crippen LogP contribution in [0.15, 0.2) is 158 Å². The van der Waals surface area contributed by atoms with Gasteiger partial charge in [0.1, 0.15) is 0 Å². The summed E-state index contributed by atoms with van der Waals surface area (Å²) in [5.74, 6) is 0. The van der Waals surface area contributed by atoms with E-state index in [1.807, 2.05) is 0 Å². The Kier molecular flexibility index (Phi) is 12.1. The van der Waals surface area contributed by atoms with Crippen molar-refractivity contribution < 1.29 is 0 Å². The summed E-state index contributed by atoms with van der Waals surface area (Å²) in [5.41, 5.74) is 24.1. The summed E-state index contributed by atoms with van der Waals surface area (Å²) in [6.45, 7) is 13.6. The molecule has 6 aromatic carbocycles. The summed E-state index contributed by atoms with van der Waals surface area (Å²) in [7, 11) is 0. The number of nitrogens with two attached hydrogens (primary N) is 2. The molecule has 2 atom stereocenters. The Balaban J connectivity index is 1.30. The van der Waals surface area contributed by atoms with Crippen molar-refractivity contribution in [3.05, 3.63) is 180 Å². The van der Waals surface area contributed by atoms with E-state index in [1.165, 1.54) is 33.4 Å². The van der Waals surface area contributed by atoms with Gasteiger partial charge in [-0.25, -0.2) is 0 Å². The lowest BCUT2D eigenvalue weighted by molar-refractivity contribution is 0.535. The summed E-state index contributed by atoms with van der Waals surface area (Å²) >= 11 is 0. The van der Waals surface area contributed by atoms with Gasteiger partial charge in [0, 0.05) is 34.8 Å². The Morgan fingerprint density at radius 2 is 0.722 bits per heavy atom. The molecule has 0 saturated carbocycles. The first-order valence-corrected chi connectivity index (χ1v) is 19.7. The van der Waals surface area contributed by atoms with Crippen molar-refractivity contribution in [2.75, 3.05) is 9.80 Å². The summed E-state index contributed by atoms with van der Waals surface area (Å²) in [4.78, 5) is 4.87. The van der Waals surface area contributed by atoms with E-state index in [9.17, 15) is 0 Å². The average molecular weight is 715 g/mol. The maximum Gasteiger partial charge on any atom is 0.0646 e. The Morgan fingerprint density at radius 1 is 0.407 bits per heavy atom. The number of rotatable bonds is 15. The molecule has 0 aliphatic heterocycles. The molecule has 4 nitrogen and oxygen atoms in total. The molecular weight excluding hydrogens is 657 g/mol. The van der Waals surface area contributed by atoms with Gasteiger partial charge in [-0.05, 0) is 122 Å². The summed E-state index contributed by atoms with van der Waals surface area (Å²) < 4.78 is 0. The lowest BCUT2D eigenvalue weighted by atomic mass is 9.89. The highest BCUT2D eigenvalue weighted by Crippen LogP contribution is 2.42. The van der Waals surface area contributed by atoms with Crippen LogP contribution in [0.25, 0.3) is 11.1 Å². The van der Waals surface area contributed by atoms with E-state index < -0.39 is 0 Å². The molecule has 4 N–H and O–H groups in total. The van der Waals surface area contributed by atoms with E-state index in [1.54, 1.807) is 0 Å². The zero-order chi connectivity index (χ0) is 38.3. The molecule has 6 rings (SSSR count). The third kappa shape index (κ3) is 8.31. The molecule has 6 aromatic rings. The van der Waals surface area contributed by atoms with Crippen LogP contribution < -0.4 is 21.3 Å². The first kappa shape index (κ1) is 38.6. The Hall–Kier alpha value is -5.16. The maximum absolute atomic E-state index is 6.50. The van der Waals surface area contributed by atoms with Gasteiger partial charge in [-0.2, -0.15) is 0 Å². The zero-order valence-electron chi connectivity index (χ0n) is 33.0. The van der Waals surface area contributed by atoms with Gasteiger partial charge in [0.05, 0.1) is 11.1 Å². The van der Waals surface area contributed by atoms with E-state index in [4.69, 9.17) is 11.5 Å². The van der Waals surface area contributed by atoms with Gasteiger partial charge in [-0.1, -0.05) is 136 Å². The molecule has 0 spiro atoms. The highest BCUT2D eigenvalue weighted by Gasteiger charge is 2.32. The molecule has 0 radical (unpaired) electrons. The topological polar surface area (TPSA) is 58.5 Å². The highest BCUT2D eigenvalue weighted by molar-refractivity contribution is 5.73. The monoisotopic (exact) mass is 714 g/mol. The first-order valence-electron chi connectivity index (χ1n) is 19.7. The Morgan fingerprint density at radius 3 is 1.11 bits per heavy atom. The number of anilines is 4. The molecule has 0 heterocycles. The van der Waals surface area contributed by atoms with Gasteiger partial charge in [0.25, 0.3) is 0 Å². The van der Waals surface area contributed by atoms with Gasteiger partial charge in [0.2, 0.25) is 0 Å². The van der Waals surface area contributed by atoms with Crippen LogP contribution in [0.2, 0.25) is 0 Å². The third-order valence-corrected chi connectivity index (χ3v) is 11.0. The molecule has 0 aliphatic rings. The van der Waals surface area contributed by atoms with Crippen molar-refractivity contribution in [2.24, 2.45) is 11.5 Å². The predicted molar refractivity (Wildman–Crippen MR) is 232 cm³/mol. The fourth-order valence-electron chi connectivity index (χ4n) is 7.84. The summed E-state index contributed by atoms with van der Waals surface area (Å²) in [5, 5.41) is 0. The number of nitrogens with zero attached hydrogens (tertiary/aromatic N) is 2. The van der Waals surface area contributed by atoms with Crippen LogP contribution >= 0.6 is 0 Å². The van der Waals surface area contributed by atoms with Crippen molar-refractivity contribution in [2.45, 2.75) is 90.4 Å². The SMILES string of the molecule is CCCC(N)c1ccc(N(c2ccc(-c3ccc(C(C)(C)N(c4ccccc4)c4ccc(C(N)CCC)cc4)cc3)cc2)C(C)(C)c2ccccc2)cc1. The van der Waals surface area contributed by atoms with Gasteiger partial charge in [-0.15, -0.1) is 0 Å². The lowest BCUT2D eigenvalue weighted by Crippen LogP contribution is -2.38. The Labute approximate surface area is 324 Å². The van der Waals surface area contributed by atoms with Gasteiger partial charge in [0.15, 0.2) is 0 Å². The molecule has 0 aliphatic carbocycles. The molecular formula is C50H58N4. The van der Waals surface area contributed by atoms with E-state index in [0.717, 1.165) is 48.4 Å². The summed E-state index contributed by atoms with van der Waals surface area (Å²) in [6, 6.07) is 57.2. The minimum atomic E-state index is -0.337. The number of para-hydroxylation sites is 1. The standard InChI is InChI=1S/C50H58N4/c1-7-15-47(51)39-25-33-45(34-26-39)53(43-19-13-10-14-20-43)50(5,6)42-29-21-37(22-30-42)38-23-31-44(32-24-38)54(49(3,4)41-17-11-9-12-18-41)46-35-27-40(28-36-46)48(52)16-8-2/h9-14,17-36,47-48H,7-8,15-16,51-52H2,1-6H3. The fourth-order valence-corrected chi connectivity index (χ4v) is 7.84. The minimum absolute atomic E-state index is 0.0543. The van der Waals surface area contributed by atoms with E-state index >= 15 is 0 Å². The van der Waals surface area contributed by atoms with Crippen LogP contribution in [-0.2, 0) is 11.1 Å². The van der Waals surface area contributed by atoms with Crippen molar-refractivity contribution >= 4 is 22.7 Å². The van der Waals surface area contributed by atoms with Crippen molar-refractivity contribution in [3.8, 4) is 11.1 Å².